The summed E-state index contributed by atoms with van der Waals surface area (Å²) in [5.74, 6) is 0.570. The normalized spacial score (nSPS) is 12.5. The van der Waals surface area contributed by atoms with Crippen molar-refractivity contribution < 1.29 is 28.7 Å². The van der Waals surface area contributed by atoms with E-state index in [9.17, 15) is 14.9 Å². The van der Waals surface area contributed by atoms with Gasteiger partial charge in [0.25, 0.3) is 5.69 Å². The van der Waals surface area contributed by atoms with Crippen molar-refractivity contribution in [3.05, 3.63) is 93.5 Å². The number of nitro groups is 1. The first-order chi connectivity index (χ1) is 17.0. The van der Waals surface area contributed by atoms with Crippen LogP contribution in [0.4, 0.5) is 5.69 Å². The van der Waals surface area contributed by atoms with Gasteiger partial charge in [-0.05, 0) is 36.4 Å². The molecule has 176 valence electrons. The fourth-order valence-corrected chi connectivity index (χ4v) is 3.97. The first-order valence-corrected chi connectivity index (χ1v) is 10.8. The van der Waals surface area contributed by atoms with Gasteiger partial charge in [-0.15, -0.1) is 0 Å². The van der Waals surface area contributed by atoms with E-state index in [0.29, 0.717) is 44.8 Å². The lowest BCUT2D eigenvalue weighted by molar-refractivity contribution is -0.385. The van der Waals surface area contributed by atoms with Gasteiger partial charge in [0.2, 0.25) is 0 Å². The zero-order valence-corrected chi connectivity index (χ0v) is 18.7. The molecule has 9 heteroatoms. The first-order valence-electron chi connectivity index (χ1n) is 10.8. The third-order valence-corrected chi connectivity index (χ3v) is 5.66. The van der Waals surface area contributed by atoms with Gasteiger partial charge in [0.15, 0.2) is 6.79 Å². The SMILES string of the molecule is COc1ccc(-c2cc(C(=O)OCc3cc([N+](=O)[O-])cc4c3OCOC4)c3ccccc3n2)cc1. The van der Waals surface area contributed by atoms with Crippen molar-refractivity contribution in [2.75, 3.05) is 13.9 Å². The minimum absolute atomic E-state index is 0.0198. The summed E-state index contributed by atoms with van der Waals surface area (Å²) in [6.07, 6.45) is 0. The molecule has 2 heterocycles. The summed E-state index contributed by atoms with van der Waals surface area (Å²) in [6.45, 7) is 0.00150. The number of hydrogen-bond acceptors (Lipinski definition) is 8. The van der Waals surface area contributed by atoms with Crippen LogP contribution >= 0.6 is 0 Å². The molecule has 0 unspecified atom stereocenters. The summed E-state index contributed by atoms with van der Waals surface area (Å²) in [6, 6.07) is 19.1. The van der Waals surface area contributed by atoms with Crippen LogP contribution in [-0.4, -0.2) is 29.8 Å². The molecule has 0 atom stereocenters. The Morgan fingerprint density at radius 2 is 1.91 bits per heavy atom. The monoisotopic (exact) mass is 472 g/mol. The molecule has 0 fully saturated rings. The summed E-state index contributed by atoms with van der Waals surface area (Å²) >= 11 is 0. The van der Waals surface area contributed by atoms with E-state index in [1.165, 1.54) is 12.1 Å². The molecule has 9 nitrogen and oxygen atoms in total. The Morgan fingerprint density at radius 3 is 2.69 bits per heavy atom. The molecule has 5 rings (SSSR count). The van der Waals surface area contributed by atoms with Gasteiger partial charge in [-0.1, -0.05) is 18.2 Å². The van der Waals surface area contributed by atoms with Crippen molar-refractivity contribution in [2.45, 2.75) is 13.2 Å². The number of esters is 1. The summed E-state index contributed by atoms with van der Waals surface area (Å²) in [5, 5.41) is 12.0. The molecule has 0 amide bonds. The Morgan fingerprint density at radius 1 is 1.11 bits per heavy atom. The summed E-state index contributed by atoms with van der Waals surface area (Å²) in [4.78, 5) is 28.8. The zero-order chi connectivity index (χ0) is 24.4. The van der Waals surface area contributed by atoms with Crippen LogP contribution in [-0.2, 0) is 22.7 Å². The van der Waals surface area contributed by atoms with E-state index >= 15 is 0 Å². The zero-order valence-electron chi connectivity index (χ0n) is 18.7. The predicted molar refractivity (Wildman–Crippen MR) is 126 cm³/mol. The van der Waals surface area contributed by atoms with E-state index in [-0.39, 0.29) is 25.7 Å². The maximum atomic E-state index is 13.2. The number of para-hydroxylation sites is 1. The number of non-ortho nitro benzene ring substituents is 1. The standard InChI is InChI=1S/C26H20N2O7/c1-32-20-8-6-16(7-9-20)24-12-22(21-4-2-3-5-23(21)27-24)26(29)34-14-18-11-19(28(30)31)10-17-13-33-15-35-25(17)18/h2-12H,13-15H2,1H3. The second-order valence-corrected chi connectivity index (χ2v) is 7.84. The molecule has 0 radical (unpaired) electrons. The van der Waals surface area contributed by atoms with Gasteiger partial charge in [0.05, 0.1) is 35.4 Å². The molecular weight excluding hydrogens is 452 g/mol. The molecule has 1 aliphatic heterocycles. The van der Waals surface area contributed by atoms with Gasteiger partial charge in [0.1, 0.15) is 18.1 Å². The number of fused-ring (bicyclic) bond motifs is 2. The minimum atomic E-state index is -0.578. The van der Waals surface area contributed by atoms with Crippen molar-refractivity contribution in [1.29, 1.82) is 0 Å². The third kappa shape index (κ3) is 4.49. The van der Waals surface area contributed by atoms with E-state index in [0.717, 1.165) is 5.56 Å². The van der Waals surface area contributed by atoms with Gasteiger partial charge in [-0.25, -0.2) is 9.78 Å². The fraction of sp³-hybridized carbons (Fsp3) is 0.154. The number of aromatic nitrogens is 1. The molecular formula is C26H20N2O7. The molecule has 1 aliphatic rings. The smallest absolute Gasteiger partial charge is 0.339 e. The Balaban J connectivity index is 1.48. The van der Waals surface area contributed by atoms with E-state index in [4.69, 9.17) is 23.9 Å². The number of methoxy groups -OCH3 is 1. The lowest BCUT2D eigenvalue weighted by Gasteiger charge is -2.20. The number of carbonyl (C=O) groups excluding carboxylic acids is 1. The van der Waals surface area contributed by atoms with Gasteiger partial charge >= 0.3 is 5.97 Å². The number of nitro benzene ring substituents is 1. The van der Waals surface area contributed by atoms with E-state index < -0.39 is 10.9 Å². The van der Waals surface area contributed by atoms with Crippen LogP contribution in [0.5, 0.6) is 11.5 Å². The van der Waals surface area contributed by atoms with Crippen molar-refractivity contribution in [1.82, 2.24) is 4.98 Å². The molecule has 35 heavy (non-hydrogen) atoms. The first kappa shape index (κ1) is 22.3. The van der Waals surface area contributed by atoms with E-state index in [1.54, 1.807) is 19.2 Å². The second-order valence-electron chi connectivity index (χ2n) is 7.84. The highest BCUT2D eigenvalue weighted by molar-refractivity contribution is 6.04. The highest BCUT2D eigenvalue weighted by atomic mass is 16.7. The third-order valence-electron chi connectivity index (χ3n) is 5.66. The molecule has 0 N–H and O–H groups in total. The lowest BCUT2D eigenvalue weighted by atomic mass is 10.0. The summed E-state index contributed by atoms with van der Waals surface area (Å²) < 4.78 is 21.6. The molecule has 0 bridgehead atoms. The van der Waals surface area contributed by atoms with E-state index in [2.05, 4.69) is 0 Å². The lowest BCUT2D eigenvalue weighted by Crippen LogP contribution is -2.15. The Hall–Kier alpha value is -4.50. The number of carbonyl (C=O) groups is 1. The molecule has 0 saturated heterocycles. The van der Waals surface area contributed by atoms with Gasteiger partial charge in [-0.3, -0.25) is 10.1 Å². The largest absolute Gasteiger partial charge is 0.497 e. The van der Waals surface area contributed by atoms with Crippen LogP contribution in [0.3, 0.4) is 0 Å². The van der Waals surface area contributed by atoms with Crippen molar-refractivity contribution >= 4 is 22.6 Å². The van der Waals surface area contributed by atoms with Crippen LogP contribution in [0, 0.1) is 10.1 Å². The highest BCUT2D eigenvalue weighted by Crippen LogP contribution is 2.34. The minimum Gasteiger partial charge on any atom is -0.497 e. The summed E-state index contributed by atoms with van der Waals surface area (Å²) in [7, 11) is 1.59. The Bertz CT molecular complexity index is 1430. The molecule has 3 aromatic carbocycles. The van der Waals surface area contributed by atoms with Gasteiger partial charge in [0, 0.05) is 34.2 Å². The summed E-state index contributed by atoms with van der Waals surface area (Å²) in [5.41, 5.74) is 3.21. The fourth-order valence-electron chi connectivity index (χ4n) is 3.97. The van der Waals surface area contributed by atoms with Crippen molar-refractivity contribution in [3.63, 3.8) is 0 Å². The molecule has 4 aromatic rings. The average Bonchev–Trinajstić information content (AvgIpc) is 2.90. The maximum absolute atomic E-state index is 13.2. The van der Waals surface area contributed by atoms with Crippen LogP contribution in [0.2, 0.25) is 0 Å². The predicted octanol–water partition coefficient (Wildman–Crippen LogP) is 5.04. The van der Waals surface area contributed by atoms with Crippen molar-refractivity contribution in [3.8, 4) is 22.8 Å². The highest BCUT2D eigenvalue weighted by Gasteiger charge is 2.23. The Labute approximate surface area is 200 Å². The van der Waals surface area contributed by atoms with Crippen LogP contribution in [0.15, 0.2) is 66.7 Å². The number of rotatable bonds is 6. The maximum Gasteiger partial charge on any atom is 0.339 e. The van der Waals surface area contributed by atoms with Crippen LogP contribution in [0.1, 0.15) is 21.5 Å². The van der Waals surface area contributed by atoms with Crippen LogP contribution in [0.25, 0.3) is 22.2 Å². The average molecular weight is 472 g/mol. The second kappa shape index (κ2) is 9.40. The van der Waals surface area contributed by atoms with Gasteiger partial charge in [-0.2, -0.15) is 0 Å². The van der Waals surface area contributed by atoms with E-state index in [1.807, 2.05) is 42.5 Å². The van der Waals surface area contributed by atoms with Gasteiger partial charge < -0.3 is 18.9 Å². The molecule has 1 aromatic heterocycles. The molecule has 0 spiro atoms. The molecule has 0 saturated carbocycles. The number of benzene rings is 3. The number of hydrogen-bond donors (Lipinski definition) is 0. The molecule has 0 aliphatic carbocycles. The number of ether oxygens (including phenoxy) is 4. The van der Waals surface area contributed by atoms with Crippen LogP contribution < -0.4 is 9.47 Å². The number of nitrogens with zero attached hydrogens (tertiary/aromatic N) is 2. The Kier molecular flexibility index (Phi) is 5.99. The van der Waals surface area contributed by atoms with Crippen molar-refractivity contribution in [2.24, 2.45) is 0 Å². The topological polar surface area (TPSA) is 110 Å². The number of pyridine rings is 1. The quantitative estimate of drug-likeness (QED) is 0.218.